The second kappa shape index (κ2) is 4.81. The molecule has 2 N–H and O–H groups in total. The van der Waals surface area contributed by atoms with Gasteiger partial charge in [0.2, 0.25) is 0 Å². The fraction of sp³-hybridized carbons (Fsp3) is 0.125. The second-order valence-electron chi connectivity index (χ2n) is 4.76. The van der Waals surface area contributed by atoms with E-state index in [0.717, 1.165) is 5.56 Å². The highest BCUT2D eigenvalue weighted by Crippen LogP contribution is 2.36. The van der Waals surface area contributed by atoms with Crippen molar-refractivity contribution in [2.45, 2.75) is 12.0 Å². The van der Waals surface area contributed by atoms with Gasteiger partial charge in [0, 0.05) is 5.56 Å². The molecule has 2 aromatic carbocycles. The van der Waals surface area contributed by atoms with Gasteiger partial charge in [0.15, 0.2) is 0 Å². The van der Waals surface area contributed by atoms with Gasteiger partial charge in [0.25, 0.3) is 5.91 Å². The van der Waals surface area contributed by atoms with Crippen molar-refractivity contribution in [3.05, 3.63) is 71.3 Å². The van der Waals surface area contributed by atoms with E-state index < -0.39 is 17.9 Å². The Kier molecular flexibility index (Phi) is 2.99. The minimum atomic E-state index is -0.939. The van der Waals surface area contributed by atoms with Crippen LogP contribution in [0.1, 0.15) is 33.4 Å². The predicted molar refractivity (Wildman–Crippen MR) is 73.5 cm³/mol. The van der Waals surface area contributed by atoms with E-state index in [0.29, 0.717) is 11.1 Å². The highest BCUT2D eigenvalue weighted by atomic mass is 16.4. The summed E-state index contributed by atoms with van der Waals surface area (Å²) in [5, 5.41) is 12.4. The minimum Gasteiger partial charge on any atom is -0.481 e. The number of carbonyl (C=O) groups excluding carboxylic acids is 1. The molecule has 2 aromatic rings. The molecule has 0 spiro atoms. The van der Waals surface area contributed by atoms with Gasteiger partial charge in [-0.2, -0.15) is 0 Å². The quantitative estimate of drug-likeness (QED) is 0.877. The molecule has 0 aromatic heterocycles. The van der Waals surface area contributed by atoms with E-state index >= 15 is 0 Å². The summed E-state index contributed by atoms with van der Waals surface area (Å²) in [6.07, 6.45) is 0. The highest BCUT2D eigenvalue weighted by Gasteiger charge is 2.38. The van der Waals surface area contributed by atoms with E-state index in [1.807, 2.05) is 30.3 Å². The van der Waals surface area contributed by atoms with E-state index in [1.165, 1.54) is 0 Å². The van der Waals surface area contributed by atoms with Gasteiger partial charge in [-0.15, -0.1) is 0 Å². The summed E-state index contributed by atoms with van der Waals surface area (Å²) >= 11 is 0. The molecule has 0 saturated heterocycles. The molecule has 1 heterocycles. The molecule has 1 amide bonds. The normalized spacial score (nSPS) is 20.9. The first-order chi connectivity index (χ1) is 9.68. The first-order valence-electron chi connectivity index (χ1n) is 6.36. The van der Waals surface area contributed by atoms with Gasteiger partial charge >= 0.3 is 5.97 Å². The summed E-state index contributed by atoms with van der Waals surface area (Å²) in [6, 6.07) is 15.5. The van der Waals surface area contributed by atoms with Crippen LogP contribution in [0, 0.1) is 0 Å². The molecule has 1 aliphatic rings. The number of carbonyl (C=O) groups is 2. The number of fused-ring (bicyclic) bond motifs is 1. The largest absolute Gasteiger partial charge is 0.481 e. The number of hydrogen-bond acceptors (Lipinski definition) is 2. The van der Waals surface area contributed by atoms with Crippen molar-refractivity contribution >= 4 is 11.9 Å². The van der Waals surface area contributed by atoms with Gasteiger partial charge in [-0.25, -0.2) is 0 Å². The summed E-state index contributed by atoms with van der Waals surface area (Å²) in [5.74, 6) is -1.94. The van der Waals surface area contributed by atoms with Gasteiger partial charge in [-0.3, -0.25) is 9.59 Å². The second-order valence-corrected chi connectivity index (χ2v) is 4.76. The van der Waals surface area contributed by atoms with Gasteiger partial charge < -0.3 is 10.4 Å². The summed E-state index contributed by atoms with van der Waals surface area (Å²) < 4.78 is 0. The van der Waals surface area contributed by atoms with Crippen LogP contribution in [-0.4, -0.2) is 17.0 Å². The Balaban J connectivity index is 2.14. The maximum atomic E-state index is 12.1. The smallest absolute Gasteiger partial charge is 0.313 e. The average Bonchev–Trinajstić information content (AvgIpc) is 2.47. The number of hydrogen-bond donors (Lipinski definition) is 2. The van der Waals surface area contributed by atoms with Crippen LogP contribution >= 0.6 is 0 Å². The molecule has 0 radical (unpaired) electrons. The molecule has 100 valence electrons. The number of nitrogens with one attached hydrogen (secondary N) is 1. The average molecular weight is 267 g/mol. The summed E-state index contributed by atoms with van der Waals surface area (Å²) in [5.41, 5.74) is 1.80. The molecule has 2 unspecified atom stereocenters. The molecule has 0 saturated carbocycles. The standard InChI is InChI=1S/C16H13NO3/c18-15-12-9-5-4-8-11(12)13(16(19)20)14(17-15)10-6-2-1-3-7-10/h1-9,13-14H,(H,17,18)(H,19,20). The van der Waals surface area contributed by atoms with Gasteiger partial charge in [-0.1, -0.05) is 48.5 Å². The third-order valence-corrected chi connectivity index (χ3v) is 3.59. The molecule has 3 rings (SSSR count). The number of carboxylic acid groups (broad SMARTS) is 1. The van der Waals surface area contributed by atoms with Crippen molar-refractivity contribution in [3.8, 4) is 0 Å². The molecule has 0 fully saturated rings. The van der Waals surface area contributed by atoms with Crippen LogP contribution in [0.25, 0.3) is 0 Å². The summed E-state index contributed by atoms with van der Waals surface area (Å²) in [7, 11) is 0. The Labute approximate surface area is 116 Å². The van der Waals surface area contributed by atoms with Crippen LogP contribution in [0.5, 0.6) is 0 Å². The molecule has 4 nitrogen and oxygen atoms in total. The molecule has 0 aliphatic carbocycles. The zero-order chi connectivity index (χ0) is 14.1. The van der Waals surface area contributed by atoms with Gasteiger partial charge in [-0.05, 0) is 17.2 Å². The Morgan fingerprint density at radius 1 is 1.00 bits per heavy atom. The minimum absolute atomic E-state index is 0.230. The lowest BCUT2D eigenvalue weighted by atomic mass is 9.81. The molecule has 1 aliphatic heterocycles. The number of benzene rings is 2. The van der Waals surface area contributed by atoms with Gasteiger partial charge in [0.1, 0.15) is 5.92 Å². The first-order valence-corrected chi connectivity index (χ1v) is 6.36. The topological polar surface area (TPSA) is 66.4 Å². The Morgan fingerprint density at radius 2 is 1.65 bits per heavy atom. The lowest BCUT2D eigenvalue weighted by Crippen LogP contribution is -2.41. The number of carboxylic acids is 1. The lowest BCUT2D eigenvalue weighted by molar-refractivity contribution is -0.139. The maximum Gasteiger partial charge on any atom is 0.313 e. The van der Waals surface area contributed by atoms with Crippen LogP contribution in [0.4, 0.5) is 0 Å². The summed E-state index contributed by atoms with van der Waals surface area (Å²) in [4.78, 5) is 23.8. The molecule has 2 atom stereocenters. The van der Waals surface area contributed by atoms with E-state index in [1.54, 1.807) is 24.3 Å². The summed E-state index contributed by atoms with van der Waals surface area (Å²) in [6.45, 7) is 0. The van der Waals surface area contributed by atoms with Crippen molar-refractivity contribution in [3.63, 3.8) is 0 Å². The third-order valence-electron chi connectivity index (χ3n) is 3.59. The van der Waals surface area contributed by atoms with Crippen molar-refractivity contribution in [1.82, 2.24) is 5.32 Å². The van der Waals surface area contributed by atoms with Crippen LogP contribution in [0.3, 0.4) is 0 Å². The fourth-order valence-corrected chi connectivity index (χ4v) is 2.67. The number of rotatable bonds is 2. The van der Waals surface area contributed by atoms with Crippen molar-refractivity contribution < 1.29 is 14.7 Å². The zero-order valence-electron chi connectivity index (χ0n) is 10.6. The molecule has 0 bridgehead atoms. The maximum absolute atomic E-state index is 12.1. The fourth-order valence-electron chi connectivity index (χ4n) is 2.67. The molecule has 20 heavy (non-hydrogen) atoms. The predicted octanol–water partition coefficient (Wildman–Crippen LogP) is 2.34. The van der Waals surface area contributed by atoms with E-state index in [-0.39, 0.29) is 5.91 Å². The first kappa shape index (κ1) is 12.4. The molecular formula is C16H13NO3. The van der Waals surface area contributed by atoms with Gasteiger partial charge in [0.05, 0.1) is 6.04 Å². The third kappa shape index (κ3) is 1.95. The Morgan fingerprint density at radius 3 is 2.35 bits per heavy atom. The molecule has 4 heteroatoms. The zero-order valence-corrected chi connectivity index (χ0v) is 10.6. The van der Waals surface area contributed by atoms with Crippen molar-refractivity contribution in [2.75, 3.05) is 0 Å². The van der Waals surface area contributed by atoms with Crippen LogP contribution in [-0.2, 0) is 4.79 Å². The van der Waals surface area contributed by atoms with Crippen molar-refractivity contribution in [2.24, 2.45) is 0 Å². The van der Waals surface area contributed by atoms with E-state index in [9.17, 15) is 14.7 Å². The monoisotopic (exact) mass is 267 g/mol. The van der Waals surface area contributed by atoms with E-state index in [4.69, 9.17) is 0 Å². The number of aliphatic carboxylic acids is 1. The lowest BCUT2D eigenvalue weighted by Gasteiger charge is -2.31. The highest BCUT2D eigenvalue weighted by molar-refractivity contribution is 6.00. The number of amides is 1. The van der Waals surface area contributed by atoms with Crippen LogP contribution < -0.4 is 5.32 Å². The SMILES string of the molecule is O=C1NC(c2ccccc2)C(C(=O)O)c2ccccc21. The van der Waals surface area contributed by atoms with Crippen molar-refractivity contribution in [1.29, 1.82) is 0 Å². The van der Waals surface area contributed by atoms with Crippen LogP contribution in [0.15, 0.2) is 54.6 Å². The Hall–Kier alpha value is -2.62. The van der Waals surface area contributed by atoms with E-state index in [2.05, 4.69) is 5.32 Å². The molecular weight excluding hydrogens is 254 g/mol. The Bertz CT molecular complexity index is 666. The van der Waals surface area contributed by atoms with Crippen LogP contribution in [0.2, 0.25) is 0 Å².